The standard InChI is InChI=1S/C18H16BrCl2N3O2/c19-14-4-1-2-5-16(14)23-17(25)6-3-7-18(26)24-22-11-12-8-9-13(20)10-15(12)21/h1-2,4-5,8-11H,3,6-7H2,(H,23,25)(H,24,26). The van der Waals surface area contributed by atoms with Crippen LogP contribution >= 0.6 is 39.1 Å². The first-order chi connectivity index (χ1) is 12.5. The number of anilines is 1. The summed E-state index contributed by atoms with van der Waals surface area (Å²) >= 11 is 15.2. The van der Waals surface area contributed by atoms with E-state index in [4.69, 9.17) is 23.2 Å². The summed E-state index contributed by atoms with van der Waals surface area (Å²) < 4.78 is 0.807. The molecule has 2 rings (SSSR count). The molecule has 0 saturated carbocycles. The summed E-state index contributed by atoms with van der Waals surface area (Å²) in [5.41, 5.74) is 3.75. The molecule has 5 nitrogen and oxygen atoms in total. The second kappa shape index (κ2) is 10.3. The maximum absolute atomic E-state index is 11.9. The highest BCUT2D eigenvalue weighted by Crippen LogP contribution is 2.21. The first-order valence-electron chi connectivity index (χ1n) is 7.77. The molecule has 0 bridgehead atoms. The molecule has 26 heavy (non-hydrogen) atoms. The molecule has 0 atom stereocenters. The minimum Gasteiger partial charge on any atom is -0.325 e. The van der Waals surface area contributed by atoms with Gasteiger partial charge in [0, 0.05) is 27.9 Å². The summed E-state index contributed by atoms with van der Waals surface area (Å²) in [6, 6.07) is 12.3. The zero-order valence-electron chi connectivity index (χ0n) is 13.6. The number of carbonyl (C=O) groups excluding carboxylic acids is 2. The van der Waals surface area contributed by atoms with E-state index in [-0.39, 0.29) is 24.7 Å². The van der Waals surface area contributed by atoms with Crippen LogP contribution in [0.25, 0.3) is 0 Å². The number of hydrogen-bond acceptors (Lipinski definition) is 3. The van der Waals surface area contributed by atoms with Gasteiger partial charge in [0.15, 0.2) is 0 Å². The second-order valence-electron chi connectivity index (χ2n) is 5.34. The third kappa shape index (κ3) is 6.78. The second-order valence-corrected chi connectivity index (χ2v) is 7.04. The molecule has 136 valence electrons. The Kier molecular flexibility index (Phi) is 8.09. The number of para-hydroxylation sites is 1. The van der Waals surface area contributed by atoms with Gasteiger partial charge in [0.05, 0.1) is 16.9 Å². The molecule has 8 heteroatoms. The van der Waals surface area contributed by atoms with Crippen LogP contribution in [-0.2, 0) is 9.59 Å². The fourth-order valence-corrected chi connectivity index (χ4v) is 2.86. The lowest BCUT2D eigenvalue weighted by atomic mass is 10.2. The first kappa shape index (κ1) is 20.4. The summed E-state index contributed by atoms with van der Waals surface area (Å²) in [6.45, 7) is 0. The SMILES string of the molecule is O=C(CCCC(=O)Nc1ccccc1Br)NN=Cc1ccc(Cl)cc1Cl. The van der Waals surface area contributed by atoms with Crippen molar-refractivity contribution >= 4 is 62.8 Å². The van der Waals surface area contributed by atoms with E-state index in [0.717, 1.165) is 4.47 Å². The van der Waals surface area contributed by atoms with Crippen LogP contribution in [0.4, 0.5) is 5.69 Å². The molecule has 0 spiro atoms. The lowest BCUT2D eigenvalue weighted by Gasteiger charge is -2.06. The van der Waals surface area contributed by atoms with E-state index in [0.29, 0.717) is 27.7 Å². The average Bonchev–Trinajstić information content (AvgIpc) is 2.59. The van der Waals surface area contributed by atoms with E-state index in [9.17, 15) is 9.59 Å². The topological polar surface area (TPSA) is 70.6 Å². The van der Waals surface area contributed by atoms with Gasteiger partial charge in [-0.1, -0.05) is 41.4 Å². The smallest absolute Gasteiger partial charge is 0.240 e. The first-order valence-corrected chi connectivity index (χ1v) is 9.32. The van der Waals surface area contributed by atoms with Crippen LogP contribution in [0.5, 0.6) is 0 Å². The van der Waals surface area contributed by atoms with E-state index in [2.05, 4.69) is 31.8 Å². The Balaban J connectivity index is 1.71. The molecule has 2 N–H and O–H groups in total. The van der Waals surface area contributed by atoms with Gasteiger partial charge in [0.25, 0.3) is 0 Å². The highest BCUT2D eigenvalue weighted by Gasteiger charge is 2.07. The van der Waals surface area contributed by atoms with Crippen LogP contribution in [0.1, 0.15) is 24.8 Å². The monoisotopic (exact) mass is 455 g/mol. The van der Waals surface area contributed by atoms with Gasteiger partial charge in [-0.25, -0.2) is 5.43 Å². The number of hydrazone groups is 1. The molecule has 0 aliphatic heterocycles. The van der Waals surface area contributed by atoms with Crippen molar-refractivity contribution < 1.29 is 9.59 Å². The van der Waals surface area contributed by atoms with Crippen LogP contribution in [0.15, 0.2) is 52.0 Å². The number of nitrogens with one attached hydrogen (secondary N) is 2. The van der Waals surface area contributed by atoms with Gasteiger partial charge in [-0.15, -0.1) is 0 Å². The van der Waals surface area contributed by atoms with Gasteiger partial charge in [-0.3, -0.25) is 9.59 Å². The van der Waals surface area contributed by atoms with Crippen molar-refractivity contribution in [2.75, 3.05) is 5.32 Å². The largest absolute Gasteiger partial charge is 0.325 e. The number of rotatable bonds is 7. The molecule has 0 aliphatic rings. The maximum atomic E-state index is 11.9. The van der Waals surface area contributed by atoms with Gasteiger partial charge >= 0.3 is 0 Å². The lowest BCUT2D eigenvalue weighted by molar-refractivity contribution is -0.121. The van der Waals surface area contributed by atoms with Crippen LogP contribution in [-0.4, -0.2) is 18.0 Å². The zero-order valence-corrected chi connectivity index (χ0v) is 16.7. The Hall–Kier alpha value is -1.89. The minimum absolute atomic E-state index is 0.152. The Bertz CT molecular complexity index is 828. The number of carbonyl (C=O) groups is 2. The molecule has 0 fully saturated rings. The van der Waals surface area contributed by atoms with Crippen LogP contribution in [0.3, 0.4) is 0 Å². The summed E-state index contributed by atoms with van der Waals surface area (Å²) in [5, 5.41) is 7.61. The predicted octanol–water partition coefficient (Wildman–Crippen LogP) is 5.02. The summed E-state index contributed by atoms with van der Waals surface area (Å²) in [7, 11) is 0. The summed E-state index contributed by atoms with van der Waals surface area (Å²) in [4.78, 5) is 23.6. The summed E-state index contributed by atoms with van der Waals surface area (Å²) in [6.07, 6.45) is 2.28. The van der Waals surface area contributed by atoms with Crippen molar-refractivity contribution in [3.05, 3.63) is 62.5 Å². The van der Waals surface area contributed by atoms with Crippen molar-refractivity contribution in [3.63, 3.8) is 0 Å². The average molecular weight is 457 g/mol. The van der Waals surface area contributed by atoms with E-state index in [1.165, 1.54) is 6.21 Å². The Morgan fingerprint density at radius 2 is 1.81 bits per heavy atom. The van der Waals surface area contributed by atoms with Crippen molar-refractivity contribution in [2.24, 2.45) is 5.10 Å². The van der Waals surface area contributed by atoms with E-state index in [1.807, 2.05) is 18.2 Å². The van der Waals surface area contributed by atoms with Gasteiger partial charge < -0.3 is 5.32 Å². The fraction of sp³-hybridized carbons (Fsp3) is 0.167. The molecular formula is C18H16BrCl2N3O2. The Morgan fingerprint density at radius 3 is 2.54 bits per heavy atom. The maximum Gasteiger partial charge on any atom is 0.240 e. The highest BCUT2D eigenvalue weighted by atomic mass is 79.9. The van der Waals surface area contributed by atoms with Crippen molar-refractivity contribution in [3.8, 4) is 0 Å². The van der Waals surface area contributed by atoms with Gasteiger partial charge in [0.2, 0.25) is 11.8 Å². The van der Waals surface area contributed by atoms with Gasteiger partial charge in [-0.05, 0) is 46.6 Å². The molecule has 2 amide bonds. The molecule has 0 heterocycles. The fourth-order valence-electron chi connectivity index (χ4n) is 2.02. The van der Waals surface area contributed by atoms with Gasteiger partial charge in [-0.2, -0.15) is 5.10 Å². The quantitative estimate of drug-likeness (QED) is 0.453. The zero-order chi connectivity index (χ0) is 18.9. The van der Waals surface area contributed by atoms with Crippen molar-refractivity contribution in [1.82, 2.24) is 5.43 Å². The number of halogens is 3. The minimum atomic E-state index is -0.278. The summed E-state index contributed by atoms with van der Waals surface area (Å²) in [5.74, 6) is -0.429. The molecule has 0 aliphatic carbocycles. The van der Waals surface area contributed by atoms with Crippen LogP contribution < -0.4 is 10.7 Å². The molecule has 0 radical (unpaired) electrons. The third-order valence-corrected chi connectivity index (χ3v) is 4.56. The molecular weight excluding hydrogens is 441 g/mol. The number of benzene rings is 2. The normalized spacial score (nSPS) is 10.7. The number of nitrogens with zero attached hydrogens (tertiary/aromatic N) is 1. The molecule has 2 aromatic carbocycles. The third-order valence-electron chi connectivity index (χ3n) is 3.31. The molecule has 0 saturated heterocycles. The predicted molar refractivity (Wildman–Crippen MR) is 109 cm³/mol. The molecule has 2 aromatic rings. The van der Waals surface area contributed by atoms with E-state index in [1.54, 1.807) is 24.3 Å². The van der Waals surface area contributed by atoms with Gasteiger partial charge in [0.1, 0.15) is 0 Å². The number of hydrogen-bond donors (Lipinski definition) is 2. The Morgan fingerprint density at radius 1 is 1.08 bits per heavy atom. The van der Waals surface area contributed by atoms with Crippen molar-refractivity contribution in [2.45, 2.75) is 19.3 Å². The lowest BCUT2D eigenvalue weighted by Crippen LogP contribution is -2.18. The molecule has 0 aromatic heterocycles. The van der Waals surface area contributed by atoms with E-state index < -0.39 is 0 Å². The molecule has 0 unspecified atom stereocenters. The van der Waals surface area contributed by atoms with Crippen molar-refractivity contribution in [1.29, 1.82) is 0 Å². The number of amides is 2. The van der Waals surface area contributed by atoms with Crippen LogP contribution in [0, 0.1) is 0 Å². The Labute approximate surface area is 169 Å². The van der Waals surface area contributed by atoms with Crippen LogP contribution in [0.2, 0.25) is 10.0 Å². The highest BCUT2D eigenvalue weighted by molar-refractivity contribution is 9.10. The van der Waals surface area contributed by atoms with E-state index >= 15 is 0 Å².